The predicted octanol–water partition coefficient (Wildman–Crippen LogP) is 8.19. The van der Waals surface area contributed by atoms with Crippen LogP contribution in [0, 0.1) is 24.2 Å². The number of carbonyl (C=O) groups is 1. The van der Waals surface area contributed by atoms with Crippen molar-refractivity contribution in [2.24, 2.45) is 5.92 Å². The van der Waals surface area contributed by atoms with Gasteiger partial charge in [-0.2, -0.15) is 14.0 Å². The molecule has 0 bridgehead atoms. The second-order valence-electron chi connectivity index (χ2n) is 14.6. The number of nitriles is 1. The number of hydrogen-bond acceptors (Lipinski definition) is 9. The molecule has 2 unspecified atom stereocenters. The van der Waals surface area contributed by atoms with Crippen molar-refractivity contribution in [3.8, 4) is 11.8 Å². The summed E-state index contributed by atoms with van der Waals surface area (Å²) in [5, 5.41) is 19.1. The molecule has 1 aliphatic carbocycles. The number of fused-ring (bicyclic) bond motifs is 2. The number of allylic oxidation sites excluding steroid dienone is 4. The number of aryl methyl sites for hydroxylation is 1. The SMILES string of the molecule is Cc1ccccc1C1=CC=CC(c2nc3cc(CN4CCC[C@H]4C(=O)O)c(OC(F)F)cc3o2)(c2nc3cc(CN4CC[C@H](C)C4)cc(C#N)c3o2)C1Cl. The van der Waals surface area contributed by atoms with E-state index in [1.807, 2.05) is 55.5 Å². The molecule has 0 spiro atoms. The van der Waals surface area contributed by atoms with Crippen LogP contribution in [-0.2, 0) is 23.3 Å². The number of aliphatic carboxylic acids is 1. The third-order valence-corrected chi connectivity index (χ3v) is 11.4. The molecule has 3 aromatic carbocycles. The van der Waals surface area contributed by atoms with Gasteiger partial charge < -0.3 is 18.7 Å². The van der Waals surface area contributed by atoms with Crippen LogP contribution in [0.15, 0.2) is 75.6 Å². The molecule has 2 aromatic heterocycles. The standard InChI is InChI=1S/C41H38ClF2N5O5/c1-23-11-14-48(20-23)21-25-15-26(19-45)35-31(16-25)47-39(54-35)41(12-5-9-29(36(41)42)28-8-4-3-7-24(28)2)38-46-30-17-27(22-49-13-6-10-32(49)37(50)51)33(53-40(43)44)18-34(30)52-38/h3-5,7-9,12,15-18,23,32,36,40H,6,10-11,13-14,20-22H2,1-2H3,(H,50,51)/t23-,32-,36?,41?/m0/s1. The number of benzene rings is 3. The minimum atomic E-state index is -3.13. The van der Waals surface area contributed by atoms with Gasteiger partial charge in [0.15, 0.2) is 16.6 Å². The first-order valence-electron chi connectivity index (χ1n) is 18.1. The normalized spacial score (nSPS) is 23.4. The Hall–Kier alpha value is -5.09. The lowest BCUT2D eigenvalue weighted by atomic mass is 9.75. The first kappa shape index (κ1) is 35.9. The van der Waals surface area contributed by atoms with Gasteiger partial charge in [0.05, 0.1) is 10.9 Å². The summed E-state index contributed by atoms with van der Waals surface area (Å²) < 4.78 is 45.4. The predicted molar refractivity (Wildman–Crippen MR) is 198 cm³/mol. The summed E-state index contributed by atoms with van der Waals surface area (Å²) in [6, 6.07) is 16.1. The molecule has 278 valence electrons. The molecule has 2 aliphatic heterocycles. The zero-order valence-electron chi connectivity index (χ0n) is 29.8. The highest BCUT2D eigenvalue weighted by Gasteiger charge is 2.51. The molecule has 1 N–H and O–H groups in total. The van der Waals surface area contributed by atoms with Gasteiger partial charge in [0.1, 0.15) is 28.9 Å². The number of carboxylic acids is 1. The van der Waals surface area contributed by atoms with E-state index in [4.69, 9.17) is 35.1 Å². The van der Waals surface area contributed by atoms with Crippen LogP contribution in [0.2, 0.25) is 0 Å². The Morgan fingerprint density at radius 3 is 2.65 bits per heavy atom. The number of alkyl halides is 3. The maximum atomic E-state index is 13.8. The Kier molecular flexibility index (Phi) is 9.50. The monoisotopic (exact) mass is 753 g/mol. The van der Waals surface area contributed by atoms with Gasteiger partial charge in [-0.15, -0.1) is 11.6 Å². The van der Waals surface area contributed by atoms with E-state index in [0.29, 0.717) is 59.6 Å². The number of aromatic nitrogens is 2. The van der Waals surface area contributed by atoms with Crippen LogP contribution in [0.1, 0.15) is 65.8 Å². The van der Waals surface area contributed by atoms with E-state index < -0.39 is 29.4 Å². The second-order valence-corrected chi connectivity index (χ2v) is 15.0. The zero-order chi connectivity index (χ0) is 37.7. The molecular formula is C41H38ClF2N5O5. The van der Waals surface area contributed by atoms with E-state index in [-0.39, 0.29) is 29.7 Å². The Morgan fingerprint density at radius 2 is 1.91 bits per heavy atom. The lowest BCUT2D eigenvalue weighted by Crippen LogP contribution is -2.38. The van der Waals surface area contributed by atoms with Gasteiger partial charge in [-0.25, -0.2) is 9.97 Å². The van der Waals surface area contributed by atoms with Gasteiger partial charge >= 0.3 is 12.6 Å². The largest absolute Gasteiger partial charge is 0.480 e. The number of oxazole rings is 2. The molecule has 2 fully saturated rings. The van der Waals surface area contributed by atoms with E-state index in [9.17, 15) is 23.9 Å². The van der Waals surface area contributed by atoms with Gasteiger partial charge in [-0.3, -0.25) is 14.6 Å². The summed E-state index contributed by atoms with van der Waals surface area (Å²) in [6.07, 6.45) is 7.80. The third kappa shape index (κ3) is 6.44. The molecule has 0 radical (unpaired) electrons. The van der Waals surface area contributed by atoms with Crippen LogP contribution in [0.4, 0.5) is 8.78 Å². The van der Waals surface area contributed by atoms with E-state index in [1.165, 1.54) is 6.07 Å². The zero-order valence-corrected chi connectivity index (χ0v) is 30.5. The van der Waals surface area contributed by atoms with Crippen molar-refractivity contribution < 1.29 is 32.3 Å². The molecule has 2 saturated heterocycles. The van der Waals surface area contributed by atoms with Crippen molar-refractivity contribution >= 4 is 45.3 Å². The summed E-state index contributed by atoms with van der Waals surface area (Å²) in [5.41, 5.74) is 4.06. The summed E-state index contributed by atoms with van der Waals surface area (Å²) in [6.45, 7) is 4.25. The Bertz CT molecular complexity index is 2360. The minimum absolute atomic E-state index is 0.0568. The minimum Gasteiger partial charge on any atom is -0.480 e. The smallest absolute Gasteiger partial charge is 0.387 e. The van der Waals surface area contributed by atoms with Gasteiger partial charge in [0.2, 0.25) is 11.8 Å². The van der Waals surface area contributed by atoms with Crippen LogP contribution < -0.4 is 4.74 Å². The molecular weight excluding hydrogens is 716 g/mol. The Labute approximate surface area is 315 Å². The molecule has 0 saturated carbocycles. The first-order chi connectivity index (χ1) is 26.0. The van der Waals surface area contributed by atoms with Gasteiger partial charge in [-0.1, -0.05) is 49.4 Å². The summed E-state index contributed by atoms with van der Waals surface area (Å²) in [7, 11) is 0. The second kappa shape index (κ2) is 14.3. The average molecular weight is 754 g/mol. The van der Waals surface area contributed by atoms with Crippen LogP contribution in [0.5, 0.6) is 5.75 Å². The van der Waals surface area contributed by atoms with Gasteiger partial charge in [-0.05, 0) is 85.7 Å². The van der Waals surface area contributed by atoms with E-state index >= 15 is 0 Å². The molecule has 13 heteroatoms. The third-order valence-electron chi connectivity index (χ3n) is 10.9. The molecule has 4 atom stereocenters. The maximum Gasteiger partial charge on any atom is 0.387 e. The van der Waals surface area contributed by atoms with Crippen LogP contribution >= 0.6 is 11.6 Å². The van der Waals surface area contributed by atoms with Crippen molar-refractivity contribution in [1.29, 1.82) is 5.26 Å². The number of ether oxygens (including phenoxy) is 1. The van der Waals surface area contributed by atoms with Crippen LogP contribution in [-0.4, -0.2) is 68.5 Å². The number of carboxylic acid groups (broad SMARTS) is 1. The Morgan fingerprint density at radius 1 is 1.11 bits per heavy atom. The Balaban J connectivity index is 1.28. The summed E-state index contributed by atoms with van der Waals surface area (Å²) >= 11 is 7.58. The number of nitrogens with zero attached hydrogens (tertiary/aromatic N) is 5. The lowest BCUT2D eigenvalue weighted by molar-refractivity contribution is -0.142. The molecule has 4 heterocycles. The van der Waals surface area contributed by atoms with Crippen molar-refractivity contribution in [3.63, 3.8) is 0 Å². The van der Waals surface area contributed by atoms with E-state index in [1.54, 1.807) is 17.0 Å². The maximum absolute atomic E-state index is 13.8. The molecule has 5 aromatic rings. The topological polar surface area (TPSA) is 129 Å². The van der Waals surface area contributed by atoms with E-state index in [0.717, 1.165) is 41.8 Å². The average Bonchev–Trinajstić information content (AvgIpc) is 3.95. The van der Waals surface area contributed by atoms with Crippen molar-refractivity contribution in [2.45, 2.75) is 69.6 Å². The molecule has 3 aliphatic rings. The van der Waals surface area contributed by atoms with Gasteiger partial charge in [0.25, 0.3) is 0 Å². The summed E-state index contributed by atoms with van der Waals surface area (Å²) in [5.74, 6) is -0.277. The molecule has 10 nitrogen and oxygen atoms in total. The lowest BCUT2D eigenvalue weighted by Gasteiger charge is -2.33. The van der Waals surface area contributed by atoms with Crippen LogP contribution in [0.3, 0.4) is 0 Å². The number of hydrogen-bond donors (Lipinski definition) is 1. The fourth-order valence-corrected chi connectivity index (χ4v) is 8.63. The first-order valence-corrected chi connectivity index (χ1v) is 18.5. The number of halogens is 3. The van der Waals surface area contributed by atoms with Crippen LogP contribution in [0.25, 0.3) is 27.8 Å². The van der Waals surface area contributed by atoms with E-state index in [2.05, 4.69) is 17.9 Å². The number of likely N-dealkylation sites (tertiary alicyclic amines) is 2. The fraction of sp³-hybridized carbons (Fsp3) is 0.366. The molecule has 0 amide bonds. The highest BCUT2D eigenvalue weighted by molar-refractivity contribution is 6.28. The van der Waals surface area contributed by atoms with Crippen molar-refractivity contribution in [2.75, 3.05) is 19.6 Å². The highest BCUT2D eigenvalue weighted by Crippen LogP contribution is 2.49. The van der Waals surface area contributed by atoms with Gasteiger partial charge in [0, 0.05) is 31.3 Å². The fourth-order valence-electron chi connectivity index (χ4n) is 8.18. The van der Waals surface area contributed by atoms with Crippen molar-refractivity contribution in [1.82, 2.24) is 19.8 Å². The molecule has 8 rings (SSSR count). The van der Waals surface area contributed by atoms with Crippen molar-refractivity contribution in [3.05, 3.63) is 106 Å². The highest BCUT2D eigenvalue weighted by atomic mass is 35.5. The summed E-state index contributed by atoms with van der Waals surface area (Å²) in [4.78, 5) is 25.9. The molecule has 54 heavy (non-hydrogen) atoms. The number of rotatable bonds is 10. The quantitative estimate of drug-likeness (QED) is 0.139.